The van der Waals surface area contributed by atoms with E-state index in [1.54, 1.807) is 12.4 Å². The molecule has 1 saturated heterocycles. The van der Waals surface area contributed by atoms with Crippen LogP contribution in [0.1, 0.15) is 43.6 Å². The first-order valence-corrected chi connectivity index (χ1v) is 8.61. The summed E-state index contributed by atoms with van der Waals surface area (Å²) in [6, 6.07) is 3.95. The van der Waals surface area contributed by atoms with Crippen molar-refractivity contribution in [3.63, 3.8) is 0 Å². The largest absolute Gasteiger partial charge is 0.360 e. The fraction of sp³-hybridized carbons (Fsp3) is 0.647. The molecule has 0 bridgehead atoms. The Morgan fingerprint density at radius 2 is 1.61 bits per heavy atom. The van der Waals surface area contributed by atoms with Gasteiger partial charge >= 0.3 is 0 Å². The van der Waals surface area contributed by atoms with Crippen LogP contribution in [0.25, 0.3) is 0 Å². The Morgan fingerprint density at radius 3 is 2.26 bits per heavy atom. The van der Waals surface area contributed by atoms with Crippen molar-refractivity contribution in [1.29, 1.82) is 0 Å². The number of aromatic nitrogens is 2. The molecule has 2 fully saturated rings. The highest BCUT2D eigenvalue weighted by Gasteiger charge is 2.42. The average Bonchev–Trinajstić information content (AvgIpc) is 3.25. The van der Waals surface area contributed by atoms with Crippen molar-refractivity contribution in [2.45, 2.75) is 50.7 Å². The van der Waals surface area contributed by atoms with Crippen molar-refractivity contribution >= 4 is 0 Å². The maximum absolute atomic E-state index is 5.35. The molecule has 6 heteroatoms. The molecule has 6 nitrogen and oxygen atoms in total. The first-order valence-electron chi connectivity index (χ1n) is 8.61. The minimum atomic E-state index is 0.267. The van der Waals surface area contributed by atoms with Gasteiger partial charge in [0.25, 0.3) is 0 Å². The summed E-state index contributed by atoms with van der Waals surface area (Å²) in [6.07, 6.45) is 10.0. The Bertz CT molecular complexity index is 590. The van der Waals surface area contributed by atoms with Crippen molar-refractivity contribution < 1.29 is 9.05 Å². The summed E-state index contributed by atoms with van der Waals surface area (Å²) >= 11 is 0. The molecule has 2 aromatic heterocycles. The fourth-order valence-electron chi connectivity index (χ4n) is 4.22. The topological polar surface area (TPSA) is 58.5 Å². The molecule has 1 aliphatic carbocycles. The molecule has 1 saturated carbocycles. The summed E-state index contributed by atoms with van der Waals surface area (Å²) in [5.74, 6) is 1.93. The van der Waals surface area contributed by atoms with Crippen LogP contribution in [-0.2, 0) is 13.1 Å². The number of piperazine rings is 1. The first-order chi connectivity index (χ1) is 11.3. The molecule has 23 heavy (non-hydrogen) atoms. The predicted octanol–water partition coefficient (Wildman–Crippen LogP) is 2.68. The third-order valence-corrected chi connectivity index (χ3v) is 5.37. The molecule has 2 aliphatic rings. The Labute approximate surface area is 136 Å². The lowest BCUT2D eigenvalue weighted by Crippen LogP contribution is -2.62. The van der Waals surface area contributed by atoms with Gasteiger partial charge in [-0.1, -0.05) is 29.6 Å². The summed E-state index contributed by atoms with van der Waals surface area (Å²) in [5.41, 5.74) is 0.267. The van der Waals surface area contributed by atoms with Gasteiger partial charge in [0.15, 0.2) is 11.5 Å². The van der Waals surface area contributed by atoms with E-state index in [1.165, 1.54) is 32.1 Å². The van der Waals surface area contributed by atoms with E-state index in [0.717, 1.165) is 44.2 Å². The molecule has 3 heterocycles. The lowest BCUT2D eigenvalue weighted by molar-refractivity contribution is -0.0409. The normalized spacial score (nSPS) is 22.6. The Kier molecular flexibility index (Phi) is 4.18. The second kappa shape index (κ2) is 6.45. The number of rotatable bonds is 4. The number of hydrogen-bond acceptors (Lipinski definition) is 6. The van der Waals surface area contributed by atoms with E-state index in [4.69, 9.17) is 9.05 Å². The summed E-state index contributed by atoms with van der Waals surface area (Å²) in [5, 5.41) is 7.68. The molecule has 4 rings (SSSR count). The second-order valence-corrected chi connectivity index (χ2v) is 6.87. The van der Waals surface area contributed by atoms with Gasteiger partial charge in [-0.05, 0) is 12.8 Å². The SMILES string of the molecule is c1cc(CN2CCN(Cc3ccno3)C3(CCCCC3)C2)on1. The van der Waals surface area contributed by atoms with E-state index in [0.29, 0.717) is 0 Å². The maximum Gasteiger partial charge on any atom is 0.150 e. The molecule has 0 radical (unpaired) electrons. The first kappa shape index (κ1) is 14.9. The standard InChI is InChI=1S/C17H24N4O2/c1-2-6-17(7-3-1)14-20(12-15-4-8-18-22-15)10-11-21(17)13-16-5-9-19-23-16/h4-5,8-9H,1-3,6-7,10-14H2. The Balaban J connectivity index is 1.49. The molecule has 2 aromatic rings. The quantitative estimate of drug-likeness (QED) is 0.864. The van der Waals surface area contributed by atoms with E-state index < -0.39 is 0 Å². The number of hydrogen-bond donors (Lipinski definition) is 0. The van der Waals surface area contributed by atoms with Gasteiger partial charge in [0, 0.05) is 37.3 Å². The molecule has 1 aliphatic heterocycles. The third-order valence-electron chi connectivity index (χ3n) is 5.37. The Morgan fingerprint density at radius 1 is 0.913 bits per heavy atom. The van der Waals surface area contributed by atoms with Crippen molar-refractivity contribution in [2.75, 3.05) is 19.6 Å². The summed E-state index contributed by atoms with van der Waals surface area (Å²) in [7, 11) is 0. The predicted molar refractivity (Wildman–Crippen MR) is 84.5 cm³/mol. The number of nitrogens with zero attached hydrogens (tertiary/aromatic N) is 4. The summed E-state index contributed by atoms with van der Waals surface area (Å²) in [4.78, 5) is 5.15. The van der Waals surface area contributed by atoms with Gasteiger partial charge in [0.2, 0.25) is 0 Å². The summed E-state index contributed by atoms with van der Waals surface area (Å²) < 4.78 is 10.6. The van der Waals surface area contributed by atoms with Gasteiger partial charge in [0.1, 0.15) is 0 Å². The van der Waals surface area contributed by atoms with E-state index in [9.17, 15) is 0 Å². The van der Waals surface area contributed by atoms with Gasteiger partial charge in [-0.3, -0.25) is 9.80 Å². The van der Waals surface area contributed by atoms with Gasteiger partial charge < -0.3 is 9.05 Å². The molecule has 0 N–H and O–H groups in total. The molecule has 1 spiro atoms. The van der Waals surface area contributed by atoms with Crippen LogP contribution < -0.4 is 0 Å². The van der Waals surface area contributed by atoms with Gasteiger partial charge in [-0.25, -0.2) is 0 Å². The molecular formula is C17H24N4O2. The van der Waals surface area contributed by atoms with Crippen LogP contribution in [0.5, 0.6) is 0 Å². The molecule has 0 aromatic carbocycles. The van der Waals surface area contributed by atoms with Crippen molar-refractivity contribution in [3.05, 3.63) is 36.0 Å². The third kappa shape index (κ3) is 3.19. The highest BCUT2D eigenvalue weighted by atomic mass is 16.5. The van der Waals surface area contributed by atoms with Crippen LogP contribution in [0, 0.1) is 0 Å². The lowest BCUT2D eigenvalue weighted by Gasteiger charge is -2.52. The Hall–Kier alpha value is -1.66. The van der Waals surface area contributed by atoms with Crippen molar-refractivity contribution in [1.82, 2.24) is 20.1 Å². The minimum Gasteiger partial charge on any atom is -0.360 e. The highest BCUT2D eigenvalue weighted by Crippen LogP contribution is 2.37. The van der Waals surface area contributed by atoms with Gasteiger partial charge in [0.05, 0.1) is 25.5 Å². The summed E-state index contributed by atoms with van der Waals surface area (Å²) in [6.45, 7) is 4.95. The molecule has 0 atom stereocenters. The minimum absolute atomic E-state index is 0.267. The van der Waals surface area contributed by atoms with E-state index in [-0.39, 0.29) is 5.54 Å². The zero-order valence-electron chi connectivity index (χ0n) is 13.5. The fourth-order valence-corrected chi connectivity index (χ4v) is 4.22. The second-order valence-electron chi connectivity index (χ2n) is 6.87. The van der Waals surface area contributed by atoms with Crippen LogP contribution >= 0.6 is 0 Å². The van der Waals surface area contributed by atoms with Crippen LogP contribution in [-0.4, -0.2) is 45.3 Å². The van der Waals surface area contributed by atoms with Crippen LogP contribution in [0.15, 0.2) is 33.6 Å². The van der Waals surface area contributed by atoms with E-state index in [1.807, 2.05) is 12.1 Å². The van der Waals surface area contributed by atoms with Gasteiger partial charge in [-0.2, -0.15) is 0 Å². The molecule has 0 unspecified atom stereocenters. The van der Waals surface area contributed by atoms with Crippen LogP contribution in [0.4, 0.5) is 0 Å². The smallest absolute Gasteiger partial charge is 0.150 e. The van der Waals surface area contributed by atoms with Crippen molar-refractivity contribution in [3.8, 4) is 0 Å². The van der Waals surface area contributed by atoms with E-state index in [2.05, 4.69) is 20.1 Å². The highest BCUT2D eigenvalue weighted by molar-refractivity contribution is 5.04. The average molecular weight is 316 g/mol. The maximum atomic E-state index is 5.35. The molecular weight excluding hydrogens is 292 g/mol. The lowest BCUT2D eigenvalue weighted by atomic mass is 9.78. The zero-order chi connectivity index (χ0) is 15.5. The molecule has 124 valence electrons. The zero-order valence-corrected chi connectivity index (χ0v) is 13.5. The monoisotopic (exact) mass is 316 g/mol. The van der Waals surface area contributed by atoms with Crippen LogP contribution in [0.3, 0.4) is 0 Å². The van der Waals surface area contributed by atoms with Gasteiger partial charge in [-0.15, -0.1) is 0 Å². The van der Waals surface area contributed by atoms with Crippen LogP contribution in [0.2, 0.25) is 0 Å². The molecule has 0 amide bonds. The van der Waals surface area contributed by atoms with Crippen molar-refractivity contribution in [2.24, 2.45) is 0 Å². The van der Waals surface area contributed by atoms with E-state index >= 15 is 0 Å².